The van der Waals surface area contributed by atoms with Gasteiger partial charge in [0.05, 0.1) is 6.33 Å². The van der Waals surface area contributed by atoms with Crippen LogP contribution in [0, 0.1) is 0 Å². The van der Waals surface area contributed by atoms with E-state index in [-0.39, 0.29) is 17.7 Å². The zero-order valence-corrected chi connectivity index (χ0v) is 17.9. The van der Waals surface area contributed by atoms with Crippen molar-refractivity contribution in [3.63, 3.8) is 0 Å². The Bertz CT molecular complexity index is 1450. The zero-order valence-electron chi connectivity index (χ0n) is 17.9. The Morgan fingerprint density at radius 3 is 2.66 bits per heavy atom. The quantitative estimate of drug-likeness (QED) is 0.521. The molecule has 0 radical (unpaired) electrons. The van der Waals surface area contributed by atoms with E-state index in [1.54, 1.807) is 23.7 Å². The summed E-state index contributed by atoms with van der Waals surface area (Å²) >= 11 is 0. The minimum absolute atomic E-state index is 0.271. The fourth-order valence-corrected chi connectivity index (χ4v) is 4.25. The van der Waals surface area contributed by atoms with E-state index in [1.807, 2.05) is 18.3 Å². The topological polar surface area (TPSA) is 109 Å². The lowest BCUT2D eigenvalue weighted by Crippen LogP contribution is -2.42. The van der Waals surface area contributed by atoms with Crippen molar-refractivity contribution in [2.45, 2.75) is 32.4 Å². The first-order valence-electron chi connectivity index (χ1n) is 10.5. The van der Waals surface area contributed by atoms with E-state index < -0.39 is 17.2 Å². The van der Waals surface area contributed by atoms with Crippen molar-refractivity contribution in [1.29, 1.82) is 0 Å². The van der Waals surface area contributed by atoms with Crippen LogP contribution in [0.1, 0.15) is 18.5 Å². The highest BCUT2D eigenvalue weighted by atomic mass is 16.2. The summed E-state index contributed by atoms with van der Waals surface area (Å²) in [6.45, 7) is 0.579. The molecule has 0 spiro atoms. The van der Waals surface area contributed by atoms with E-state index >= 15 is 0 Å². The molecule has 4 aromatic rings. The third-order valence-corrected chi connectivity index (χ3v) is 5.93. The van der Waals surface area contributed by atoms with Crippen molar-refractivity contribution in [2.24, 2.45) is 14.1 Å². The van der Waals surface area contributed by atoms with Crippen molar-refractivity contribution in [3.05, 3.63) is 63.3 Å². The van der Waals surface area contributed by atoms with E-state index in [1.165, 1.54) is 30.1 Å². The maximum absolute atomic E-state index is 12.8. The zero-order chi connectivity index (χ0) is 22.4. The van der Waals surface area contributed by atoms with Gasteiger partial charge in [-0.2, -0.15) is 0 Å². The highest BCUT2D eigenvalue weighted by Gasteiger charge is 2.18. The monoisotopic (exact) mass is 433 g/mol. The highest BCUT2D eigenvalue weighted by molar-refractivity contribution is 5.91. The molecule has 4 heterocycles. The molecular formula is C22H23N7O3. The predicted molar refractivity (Wildman–Crippen MR) is 119 cm³/mol. The number of aryl methyl sites for hydroxylation is 3. The van der Waals surface area contributed by atoms with E-state index in [2.05, 4.69) is 19.9 Å². The molecule has 1 aromatic carbocycles. The fourth-order valence-electron chi connectivity index (χ4n) is 4.25. The average Bonchev–Trinajstić information content (AvgIpc) is 3.40. The smallest absolute Gasteiger partial charge is 0.328 e. The number of hydrogen-bond donors (Lipinski definition) is 1. The summed E-state index contributed by atoms with van der Waals surface area (Å²) in [5.41, 5.74) is 2.23. The number of amides is 1. The second-order valence-electron chi connectivity index (χ2n) is 8.07. The molecule has 164 valence electrons. The minimum atomic E-state index is -0.587. The molecule has 1 amide bonds. The molecule has 3 aromatic heterocycles. The molecule has 0 fully saturated rings. The number of fused-ring (bicyclic) bond motifs is 2. The molecule has 1 aliphatic rings. The fraction of sp³-hybridized carbons (Fsp3) is 0.318. The predicted octanol–water partition coefficient (Wildman–Crippen LogP) is 1.27. The highest BCUT2D eigenvalue weighted by Crippen LogP contribution is 2.25. The Kier molecular flexibility index (Phi) is 4.76. The van der Waals surface area contributed by atoms with Gasteiger partial charge >= 0.3 is 5.69 Å². The number of rotatable bonds is 4. The van der Waals surface area contributed by atoms with Crippen LogP contribution in [0.2, 0.25) is 0 Å². The molecule has 0 aliphatic carbocycles. The normalized spacial score (nSPS) is 13.3. The van der Waals surface area contributed by atoms with Gasteiger partial charge in [-0.15, -0.1) is 0 Å². The second-order valence-corrected chi connectivity index (χ2v) is 8.07. The Hall–Kier alpha value is -3.95. The van der Waals surface area contributed by atoms with Gasteiger partial charge in [-0.3, -0.25) is 14.2 Å². The lowest BCUT2D eigenvalue weighted by Gasteiger charge is -2.16. The second kappa shape index (κ2) is 7.63. The van der Waals surface area contributed by atoms with Crippen LogP contribution in [0.15, 0.2) is 46.4 Å². The summed E-state index contributed by atoms with van der Waals surface area (Å²) in [7, 11) is 3.20. The summed E-state index contributed by atoms with van der Waals surface area (Å²) in [6, 6.07) is 7.41. The van der Waals surface area contributed by atoms with Crippen LogP contribution in [0.3, 0.4) is 0 Å². The van der Waals surface area contributed by atoms with Gasteiger partial charge in [-0.05, 0) is 43.5 Å². The van der Waals surface area contributed by atoms with E-state index in [0.29, 0.717) is 5.69 Å². The number of benzene rings is 1. The molecule has 32 heavy (non-hydrogen) atoms. The van der Waals surface area contributed by atoms with Crippen molar-refractivity contribution >= 4 is 22.8 Å². The summed E-state index contributed by atoms with van der Waals surface area (Å²) in [6.07, 6.45) is 6.78. The van der Waals surface area contributed by atoms with Gasteiger partial charge in [0.25, 0.3) is 5.56 Å². The summed E-state index contributed by atoms with van der Waals surface area (Å²) in [5, 5.41) is 2.76. The number of nitrogens with zero attached hydrogens (tertiary/aromatic N) is 6. The van der Waals surface area contributed by atoms with E-state index in [0.717, 1.165) is 35.3 Å². The Balaban J connectivity index is 1.36. The maximum Gasteiger partial charge on any atom is 0.332 e. The number of carbonyl (C=O) groups is 1. The van der Waals surface area contributed by atoms with Gasteiger partial charge in [0.2, 0.25) is 5.91 Å². The van der Waals surface area contributed by atoms with Gasteiger partial charge < -0.3 is 14.5 Å². The van der Waals surface area contributed by atoms with Crippen LogP contribution in [0.25, 0.3) is 22.6 Å². The molecule has 1 aliphatic heterocycles. The Morgan fingerprint density at radius 1 is 1.09 bits per heavy atom. The molecule has 0 unspecified atom stereocenters. The molecular weight excluding hydrogens is 410 g/mol. The largest absolute Gasteiger partial charge is 0.332 e. The first-order chi connectivity index (χ1) is 15.4. The van der Waals surface area contributed by atoms with E-state index in [4.69, 9.17) is 0 Å². The van der Waals surface area contributed by atoms with Crippen LogP contribution >= 0.6 is 0 Å². The van der Waals surface area contributed by atoms with Gasteiger partial charge in [0.1, 0.15) is 12.4 Å². The summed E-state index contributed by atoms with van der Waals surface area (Å²) in [5.74, 6) is 0.466. The standard InChI is InChI=1S/C22H23N7O3/c1-26-13-24-20-18(26)21(31)29(22(32)27(20)2)12-17(30)25-15-8-6-14(7-9-15)19-23-11-16-5-3-4-10-28(16)19/h6-9,11,13H,3-5,10,12H2,1-2H3,(H,25,30). The van der Waals surface area contributed by atoms with Crippen molar-refractivity contribution in [3.8, 4) is 11.4 Å². The molecule has 1 N–H and O–H groups in total. The number of hydrogen-bond acceptors (Lipinski definition) is 5. The third-order valence-electron chi connectivity index (χ3n) is 5.93. The molecule has 10 nitrogen and oxygen atoms in total. The number of anilines is 1. The molecule has 10 heteroatoms. The maximum atomic E-state index is 12.8. The Labute approximate surface area is 182 Å². The number of imidazole rings is 2. The number of carbonyl (C=O) groups excluding carboxylic acids is 1. The van der Waals surface area contributed by atoms with Gasteiger partial charge in [-0.1, -0.05) is 0 Å². The molecule has 0 bridgehead atoms. The number of aromatic nitrogens is 6. The van der Waals surface area contributed by atoms with Gasteiger partial charge in [-0.25, -0.2) is 19.3 Å². The molecule has 0 saturated carbocycles. The average molecular weight is 433 g/mol. The molecule has 5 rings (SSSR count). The third kappa shape index (κ3) is 3.24. The summed E-state index contributed by atoms with van der Waals surface area (Å²) in [4.78, 5) is 46.6. The van der Waals surface area contributed by atoms with Crippen molar-refractivity contribution < 1.29 is 4.79 Å². The first-order valence-corrected chi connectivity index (χ1v) is 10.5. The van der Waals surface area contributed by atoms with E-state index in [9.17, 15) is 14.4 Å². The SMILES string of the molecule is Cn1cnc2c1c(=O)n(CC(=O)Nc1ccc(-c3ncc4n3CCCC4)cc1)c(=O)n2C. The Morgan fingerprint density at radius 2 is 1.88 bits per heavy atom. The van der Waals surface area contributed by atoms with Crippen molar-refractivity contribution in [2.75, 3.05) is 5.32 Å². The van der Waals surface area contributed by atoms with Crippen LogP contribution in [0.5, 0.6) is 0 Å². The first kappa shape index (κ1) is 20.0. The molecule has 0 saturated heterocycles. The van der Waals surface area contributed by atoms with Gasteiger partial charge in [0.15, 0.2) is 11.2 Å². The van der Waals surface area contributed by atoms with Gasteiger partial charge in [0, 0.05) is 43.8 Å². The lowest BCUT2D eigenvalue weighted by atomic mass is 10.1. The van der Waals surface area contributed by atoms with Crippen LogP contribution in [-0.4, -0.2) is 34.1 Å². The molecule has 0 atom stereocenters. The summed E-state index contributed by atoms with van der Waals surface area (Å²) < 4.78 is 5.97. The van der Waals surface area contributed by atoms with Crippen LogP contribution in [-0.2, 0) is 38.4 Å². The van der Waals surface area contributed by atoms with Crippen LogP contribution < -0.4 is 16.6 Å². The minimum Gasteiger partial charge on any atom is -0.328 e. The lowest BCUT2D eigenvalue weighted by molar-refractivity contribution is -0.116. The number of nitrogens with one attached hydrogen (secondary N) is 1. The van der Waals surface area contributed by atoms with Crippen LogP contribution in [0.4, 0.5) is 5.69 Å². The van der Waals surface area contributed by atoms with Crippen molar-refractivity contribution in [1.82, 2.24) is 28.2 Å².